The summed E-state index contributed by atoms with van der Waals surface area (Å²) in [6.07, 6.45) is 0.451. The molecule has 1 heterocycles. The van der Waals surface area contributed by atoms with Crippen molar-refractivity contribution in [2.24, 2.45) is 0 Å². The van der Waals surface area contributed by atoms with Gasteiger partial charge in [0.05, 0.1) is 6.54 Å². The minimum atomic E-state index is -0.0115. The van der Waals surface area contributed by atoms with Gasteiger partial charge in [-0.2, -0.15) is 0 Å². The number of benzene rings is 2. The van der Waals surface area contributed by atoms with Crippen molar-refractivity contribution in [1.29, 1.82) is 0 Å². The molecule has 164 valence electrons. The van der Waals surface area contributed by atoms with Gasteiger partial charge in [-0.05, 0) is 36.6 Å². The molecule has 31 heavy (non-hydrogen) atoms. The van der Waals surface area contributed by atoms with E-state index in [1.807, 2.05) is 62.4 Å². The fourth-order valence-electron chi connectivity index (χ4n) is 3.65. The lowest BCUT2D eigenvalue weighted by Gasteiger charge is -2.34. The van der Waals surface area contributed by atoms with Crippen molar-refractivity contribution in [2.45, 2.75) is 33.2 Å². The van der Waals surface area contributed by atoms with E-state index in [0.29, 0.717) is 44.8 Å². The lowest BCUT2D eigenvalue weighted by atomic mass is 10.0. The number of amides is 2. The average Bonchev–Trinajstić information content (AvgIpc) is 2.79. The van der Waals surface area contributed by atoms with Gasteiger partial charge in [0.15, 0.2) is 5.78 Å². The van der Waals surface area contributed by atoms with Crippen molar-refractivity contribution in [2.75, 3.05) is 32.7 Å². The highest BCUT2D eigenvalue weighted by molar-refractivity contribution is 5.98. The van der Waals surface area contributed by atoms with E-state index in [2.05, 4.69) is 10.2 Å². The van der Waals surface area contributed by atoms with Crippen LogP contribution in [0.4, 0.5) is 0 Å². The number of aryl methyl sites for hydroxylation is 2. The van der Waals surface area contributed by atoms with E-state index < -0.39 is 0 Å². The van der Waals surface area contributed by atoms with Crippen LogP contribution in [0.5, 0.6) is 0 Å². The second-order valence-electron chi connectivity index (χ2n) is 8.14. The van der Waals surface area contributed by atoms with Crippen molar-refractivity contribution in [1.82, 2.24) is 15.1 Å². The van der Waals surface area contributed by atoms with E-state index in [-0.39, 0.29) is 30.4 Å². The summed E-state index contributed by atoms with van der Waals surface area (Å²) in [6.45, 7) is 7.35. The topological polar surface area (TPSA) is 69.7 Å². The molecular weight excluding hydrogens is 390 g/mol. The Morgan fingerprint density at radius 2 is 1.58 bits per heavy atom. The monoisotopic (exact) mass is 421 g/mol. The maximum absolute atomic E-state index is 12.5. The molecule has 1 aliphatic rings. The highest BCUT2D eigenvalue weighted by Gasteiger charge is 2.23. The number of hydrogen-bond donors (Lipinski definition) is 1. The van der Waals surface area contributed by atoms with Crippen molar-refractivity contribution >= 4 is 17.6 Å². The number of nitrogens with zero attached hydrogens (tertiary/aromatic N) is 2. The van der Waals surface area contributed by atoms with Crippen molar-refractivity contribution in [3.8, 4) is 0 Å². The summed E-state index contributed by atoms with van der Waals surface area (Å²) < 4.78 is 0. The van der Waals surface area contributed by atoms with Gasteiger partial charge in [-0.3, -0.25) is 19.3 Å². The zero-order chi connectivity index (χ0) is 22.2. The number of nitrogens with one attached hydrogen (secondary N) is 1. The predicted octanol–water partition coefficient (Wildman–Crippen LogP) is 2.73. The van der Waals surface area contributed by atoms with Crippen LogP contribution in [0.1, 0.15) is 39.9 Å². The molecule has 6 nitrogen and oxygen atoms in total. The second kappa shape index (κ2) is 10.9. The molecule has 0 radical (unpaired) electrons. The number of hydrogen-bond acceptors (Lipinski definition) is 4. The number of rotatable bonds is 8. The Morgan fingerprint density at radius 3 is 2.26 bits per heavy atom. The molecule has 2 amide bonds. The first kappa shape index (κ1) is 22.7. The zero-order valence-corrected chi connectivity index (χ0v) is 18.4. The van der Waals surface area contributed by atoms with Gasteiger partial charge in [0.1, 0.15) is 0 Å². The molecule has 1 saturated heterocycles. The van der Waals surface area contributed by atoms with E-state index in [1.165, 1.54) is 0 Å². The van der Waals surface area contributed by atoms with Crippen LogP contribution in [0.15, 0.2) is 48.5 Å². The Morgan fingerprint density at radius 1 is 0.871 bits per heavy atom. The molecule has 0 unspecified atom stereocenters. The van der Waals surface area contributed by atoms with Gasteiger partial charge in [-0.15, -0.1) is 0 Å². The summed E-state index contributed by atoms with van der Waals surface area (Å²) in [5.41, 5.74) is 3.98. The Labute approximate surface area is 184 Å². The molecule has 3 rings (SSSR count). The number of carbonyl (C=O) groups excluding carboxylic acids is 3. The summed E-state index contributed by atoms with van der Waals surface area (Å²) >= 11 is 0. The molecule has 1 N–H and O–H groups in total. The van der Waals surface area contributed by atoms with Crippen LogP contribution in [0.3, 0.4) is 0 Å². The summed E-state index contributed by atoms with van der Waals surface area (Å²) in [4.78, 5) is 41.0. The fourth-order valence-corrected chi connectivity index (χ4v) is 3.65. The minimum Gasteiger partial charge on any atom is -0.351 e. The van der Waals surface area contributed by atoms with Crippen LogP contribution in [-0.4, -0.2) is 60.1 Å². The Kier molecular flexibility index (Phi) is 7.95. The molecule has 1 aliphatic heterocycles. The van der Waals surface area contributed by atoms with Crippen molar-refractivity contribution in [3.63, 3.8) is 0 Å². The third kappa shape index (κ3) is 6.76. The van der Waals surface area contributed by atoms with Gasteiger partial charge in [-0.1, -0.05) is 42.5 Å². The smallest absolute Gasteiger partial charge is 0.234 e. The van der Waals surface area contributed by atoms with Gasteiger partial charge in [0.25, 0.3) is 0 Å². The Balaban J connectivity index is 1.36. The maximum Gasteiger partial charge on any atom is 0.234 e. The summed E-state index contributed by atoms with van der Waals surface area (Å²) in [5, 5.41) is 2.94. The van der Waals surface area contributed by atoms with Crippen molar-refractivity contribution in [3.05, 3.63) is 70.8 Å². The third-order valence-electron chi connectivity index (χ3n) is 5.82. The predicted molar refractivity (Wildman–Crippen MR) is 121 cm³/mol. The second-order valence-corrected chi connectivity index (χ2v) is 8.14. The summed E-state index contributed by atoms with van der Waals surface area (Å²) in [5.74, 6) is -0.00171. The van der Waals surface area contributed by atoms with Gasteiger partial charge in [0, 0.05) is 51.1 Å². The van der Waals surface area contributed by atoms with Crippen molar-refractivity contribution < 1.29 is 14.4 Å². The lowest BCUT2D eigenvalue weighted by Crippen LogP contribution is -2.51. The van der Waals surface area contributed by atoms with E-state index in [9.17, 15) is 14.4 Å². The first-order valence-corrected chi connectivity index (χ1v) is 10.8. The standard InChI is InChI=1S/C25H31N3O3/c1-19-8-9-22(16-20(19)2)23(29)10-11-25(31)28-14-12-27(13-15-28)18-24(30)26-17-21-6-4-3-5-7-21/h3-9,16H,10-15,17-18H2,1-2H3,(H,26,30). The highest BCUT2D eigenvalue weighted by atomic mass is 16.2. The largest absolute Gasteiger partial charge is 0.351 e. The Hall–Kier alpha value is -2.99. The molecule has 0 atom stereocenters. The minimum absolute atomic E-state index is 0.00479. The van der Waals surface area contributed by atoms with E-state index >= 15 is 0 Å². The molecule has 0 aromatic heterocycles. The summed E-state index contributed by atoms with van der Waals surface area (Å²) in [7, 11) is 0. The van der Waals surface area contributed by atoms with Crippen LogP contribution >= 0.6 is 0 Å². The Bertz CT molecular complexity index is 919. The maximum atomic E-state index is 12.5. The first-order valence-electron chi connectivity index (χ1n) is 10.8. The molecule has 2 aromatic carbocycles. The molecule has 1 fully saturated rings. The fraction of sp³-hybridized carbons (Fsp3) is 0.400. The number of piperazine rings is 1. The molecule has 0 spiro atoms. The van der Waals surface area contributed by atoms with E-state index in [4.69, 9.17) is 0 Å². The number of ketones is 1. The molecule has 0 bridgehead atoms. The van der Waals surface area contributed by atoms with Gasteiger partial charge in [0.2, 0.25) is 11.8 Å². The van der Waals surface area contributed by atoms with Gasteiger partial charge >= 0.3 is 0 Å². The third-order valence-corrected chi connectivity index (χ3v) is 5.82. The quantitative estimate of drug-likeness (QED) is 0.666. The molecule has 0 aliphatic carbocycles. The molecule has 0 saturated carbocycles. The highest BCUT2D eigenvalue weighted by Crippen LogP contribution is 2.13. The van der Waals surface area contributed by atoms with E-state index in [0.717, 1.165) is 16.7 Å². The average molecular weight is 422 g/mol. The molecule has 6 heteroatoms. The lowest BCUT2D eigenvalue weighted by molar-refractivity contribution is -0.133. The van der Waals surface area contributed by atoms with Crippen LogP contribution in [-0.2, 0) is 16.1 Å². The van der Waals surface area contributed by atoms with Gasteiger partial charge in [-0.25, -0.2) is 0 Å². The van der Waals surface area contributed by atoms with Crippen LogP contribution in [0.25, 0.3) is 0 Å². The molecular formula is C25H31N3O3. The zero-order valence-electron chi connectivity index (χ0n) is 18.4. The first-order chi connectivity index (χ1) is 14.9. The van der Waals surface area contributed by atoms with Crippen LogP contribution < -0.4 is 5.32 Å². The van der Waals surface area contributed by atoms with Gasteiger partial charge < -0.3 is 10.2 Å². The number of carbonyl (C=O) groups is 3. The number of Topliss-reactive ketones (excluding diaryl/α,β-unsaturated/α-hetero) is 1. The molecule has 2 aromatic rings. The van der Waals surface area contributed by atoms with Crippen LogP contribution in [0, 0.1) is 13.8 Å². The summed E-state index contributed by atoms with van der Waals surface area (Å²) in [6, 6.07) is 15.5. The SMILES string of the molecule is Cc1ccc(C(=O)CCC(=O)N2CCN(CC(=O)NCc3ccccc3)CC2)cc1C. The van der Waals surface area contributed by atoms with Crippen LogP contribution in [0.2, 0.25) is 0 Å². The normalized spacial score (nSPS) is 14.3. The van der Waals surface area contributed by atoms with E-state index in [1.54, 1.807) is 4.90 Å².